The van der Waals surface area contributed by atoms with Crippen LogP contribution in [0.2, 0.25) is 0 Å². The van der Waals surface area contributed by atoms with Crippen LogP contribution >= 0.6 is 0 Å². The molecule has 0 unspecified atom stereocenters. The third-order valence-electron chi connectivity index (χ3n) is 0. The molecular weight excluding hydrogens is 246 g/mol. The van der Waals surface area contributed by atoms with Crippen molar-refractivity contribution in [3.8, 4) is 0 Å². The molecule has 2 N–H and O–H groups in total. The number of hydrogen-bond acceptors (Lipinski definition) is 0. The van der Waals surface area contributed by atoms with Gasteiger partial charge in [0, 0.05) is 87.8 Å². The average Bonchev–Trinajstić information content (AvgIpc) is 0. The molecule has 40 valence electrons. The molecule has 0 atom stereocenters. The van der Waals surface area contributed by atoms with Crippen molar-refractivity contribution in [1.82, 2.24) is 0 Å². The normalized spacial score (nSPS) is 0. The predicted molar refractivity (Wildman–Crippen MR) is 9.37 cm³/mol. The topological polar surface area (TPSA) is 31.5 Å². The van der Waals surface area contributed by atoms with E-state index in [9.17, 15) is 0 Å². The Balaban J connectivity index is 0. The van der Waals surface area contributed by atoms with Gasteiger partial charge >= 0.3 is 0 Å². The van der Waals surface area contributed by atoms with Gasteiger partial charge in [-0.15, -0.1) is 0 Å². The molecular formula is H2CoLiMnNiOV. The largest absolute Gasteiger partial charge is 0.412 e. The molecule has 0 rings (SSSR count). The summed E-state index contributed by atoms with van der Waals surface area (Å²) in [7, 11) is 0. The third-order valence-corrected chi connectivity index (χ3v) is 0. The minimum atomic E-state index is 0. The van der Waals surface area contributed by atoms with Gasteiger partial charge in [-0.2, -0.15) is 0 Å². The molecule has 1 nitrogen and oxygen atoms in total. The quantitative estimate of drug-likeness (QED) is 0.482. The Morgan fingerprint density at radius 3 is 1.00 bits per heavy atom. The van der Waals surface area contributed by atoms with Gasteiger partial charge < -0.3 is 5.48 Å². The molecule has 0 aromatic carbocycles. The maximum Gasteiger partial charge on any atom is 0 e. The molecule has 0 aliphatic heterocycles. The molecule has 0 saturated heterocycles. The van der Waals surface area contributed by atoms with Gasteiger partial charge in [-0.3, -0.25) is 0 Å². The zero-order valence-electron chi connectivity index (χ0n) is 2.97. The van der Waals surface area contributed by atoms with Crippen molar-refractivity contribution in [3.05, 3.63) is 0 Å². The van der Waals surface area contributed by atoms with E-state index in [1.54, 1.807) is 0 Å². The summed E-state index contributed by atoms with van der Waals surface area (Å²) in [6, 6.07) is 0. The summed E-state index contributed by atoms with van der Waals surface area (Å²) < 4.78 is 0. The third kappa shape index (κ3) is 30.1. The molecule has 0 aliphatic rings. The Hall–Kier alpha value is 2.66. The summed E-state index contributed by atoms with van der Waals surface area (Å²) in [4.78, 5) is 0. The van der Waals surface area contributed by atoms with Crippen LogP contribution in [0, 0.1) is 0 Å². The van der Waals surface area contributed by atoms with E-state index in [0.29, 0.717) is 0 Å². The van der Waals surface area contributed by atoms with Crippen molar-refractivity contribution in [2.45, 2.75) is 0 Å². The van der Waals surface area contributed by atoms with E-state index in [1.165, 1.54) is 0 Å². The van der Waals surface area contributed by atoms with E-state index in [2.05, 4.69) is 0 Å². The van der Waals surface area contributed by atoms with Crippen LogP contribution in [0.5, 0.6) is 0 Å². The fraction of sp³-hybridized carbons (Fsp3) is 0. The molecule has 6 heteroatoms. The second-order valence-electron chi connectivity index (χ2n) is 0. The van der Waals surface area contributed by atoms with Crippen LogP contribution in [-0.2, 0) is 68.9 Å². The van der Waals surface area contributed by atoms with Crippen LogP contribution in [0.25, 0.3) is 0 Å². The zero-order valence-corrected chi connectivity index (χ0v) is 7.58. The van der Waals surface area contributed by atoms with E-state index in [0.717, 1.165) is 0 Å². The van der Waals surface area contributed by atoms with Crippen LogP contribution in [0.1, 0.15) is 0 Å². The fourth-order valence-electron chi connectivity index (χ4n) is 0. The maximum atomic E-state index is 0. The Labute approximate surface area is 92.1 Å². The van der Waals surface area contributed by atoms with E-state index in [1.807, 2.05) is 0 Å². The Kier molecular flexibility index (Phi) is 574. The Morgan fingerprint density at radius 1 is 1.00 bits per heavy atom. The molecule has 0 spiro atoms. The van der Waals surface area contributed by atoms with Gasteiger partial charge in [0.15, 0.2) is 0 Å². The molecule has 0 heterocycles. The van der Waals surface area contributed by atoms with Gasteiger partial charge in [0.1, 0.15) is 0 Å². The van der Waals surface area contributed by atoms with Gasteiger partial charge in [0.25, 0.3) is 0 Å². The number of hydrogen-bond donors (Lipinski definition) is 0. The molecule has 4 radical (unpaired) electrons. The Morgan fingerprint density at radius 2 is 1.00 bits per heavy atom. The minimum absolute atomic E-state index is 0. The first-order valence-corrected chi connectivity index (χ1v) is 0. The van der Waals surface area contributed by atoms with E-state index >= 15 is 0 Å². The SMILES string of the molecule is O.[Co].[Li].[Mn].[Ni].[V]. The Bertz CT molecular complexity index is 15.5. The van der Waals surface area contributed by atoms with Gasteiger partial charge in [-0.05, 0) is 0 Å². The molecule has 6 heavy (non-hydrogen) atoms. The fourth-order valence-corrected chi connectivity index (χ4v) is 0. The predicted octanol–water partition coefficient (Wildman–Crippen LogP) is -1.22. The van der Waals surface area contributed by atoms with Crippen LogP contribution in [-0.4, -0.2) is 24.3 Å². The molecule has 0 fully saturated rings. The maximum absolute atomic E-state index is 0. The molecule has 0 aromatic heterocycles. The van der Waals surface area contributed by atoms with Crippen LogP contribution in [0.15, 0.2) is 0 Å². The summed E-state index contributed by atoms with van der Waals surface area (Å²) >= 11 is 0. The number of rotatable bonds is 0. The summed E-state index contributed by atoms with van der Waals surface area (Å²) in [5.74, 6) is 0. The summed E-state index contributed by atoms with van der Waals surface area (Å²) in [6.07, 6.45) is 0. The molecule has 0 amide bonds. The average molecular weight is 248 g/mol. The second kappa shape index (κ2) is 48.0. The molecule has 0 aromatic rings. The van der Waals surface area contributed by atoms with Crippen LogP contribution in [0.4, 0.5) is 0 Å². The van der Waals surface area contributed by atoms with Crippen molar-refractivity contribution in [2.24, 2.45) is 0 Å². The summed E-state index contributed by atoms with van der Waals surface area (Å²) in [5.41, 5.74) is 0. The van der Waals surface area contributed by atoms with Crippen LogP contribution in [0.3, 0.4) is 0 Å². The van der Waals surface area contributed by atoms with E-state index < -0.39 is 0 Å². The first kappa shape index (κ1) is 71.8. The van der Waals surface area contributed by atoms with Crippen molar-refractivity contribution >= 4 is 18.9 Å². The first-order valence-electron chi connectivity index (χ1n) is 0. The minimum Gasteiger partial charge on any atom is -0.412 e. The van der Waals surface area contributed by atoms with Gasteiger partial charge in [-0.25, -0.2) is 0 Å². The first-order chi connectivity index (χ1) is 0. The smallest absolute Gasteiger partial charge is 0 e. The monoisotopic (exact) mass is 248 g/mol. The summed E-state index contributed by atoms with van der Waals surface area (Å²) in [6.45, 7) is 0. The molecule has 0 aliphatic carbocycles. The van der Waals surface area contributed by atoms with Crippen molar-refractivity contribution < 1.29 is 74.4 Å². The zero-order chi connectivity index (χ0) is 0. The van der Waals surface area contributed by atoms with E-state index in [-0.39, 0.29) is 93.2 Å². The van der Waals surface area contributed by atoms with Crippen molar-refractivity contribution in [2.75, 3.05) is 0 Å². The van der Waals surface area contributed by atoms with Crippen LogP contribution < -0.4 is 0 Å². The van der Waals surface area contributed by atoms with E-state index in [4.69, 9.17) is 0 Å². The van der Waals surface area contributed by atoms with Gasteiger partial charge in [0.2, 0.25) is 0 Å². The molecule has 0 saturated carbocycles. The summed E-state index contributed by atoms with van der Waals surface area (Å²) in [5, 5.41) is 0. The van der Waals surface area contributed by atoms with Gasteiger partial charge in [0.05, 0.1) is 0 Å². The van der Waals surface area contributed by atoms with Gasteiger partial charge in [-0.1, -0.05) is 0 Å². The molecule has 0 bridgehead atoms. The standard InChI is InChI=1S/Co.Li.Mn.Ni.H2O.V/h;;;;1H2;. The van der Waals surface area contributed by atoms with Crippen molar-refractivity contribution in [1.29, 1.82) is 0 Å². The van der Waals surface area contributed by atoms with Crippen molar-refractivity contribution in [3.63, 3.8) is 0 Å². The second-order valence-corrected chi connectivity index (χ2v) is 0.